The summed E-state index contributed by atoms with van der Waals surface area (Å²) in [5, 5.41) is 12.8. The number of carboxylic acids is 1. The van der Waals surface area contributed by atoms with Gasteiger partial charge in [-0.1, -0.05) is 127 Å². The van der Waals surface area contributed by atoms with Crippen LogP contribution in [0.15, 0.2) is 146 Å². The smallest absolute Gasteiger partial charge is 0.408 e. The molecule has 1 aliphatic rings. The number of aromatic nitrogens is 2. The molecule has 0 radical (unpaired) electrons. The molecule has 0 fully saturated rings. The third kappa shape index (κ3) is 5.68. The maximum Gasteiger partial charge on any atom is 0.408 e. The molecule has 2 N–H and O–H groups in total. The van der Waals surface area contributed by atoms with Gasteiger partial charge in [0, 0.05) is 18.3 Å². The summed E-state index contributed by atoms with van der Waals surface area (Å²) in [6.45, 7) is 0.0185. The van der Waals surface area contributed by atoms with Crippen LogP contribution in [0.4, 0.5) is 4.79 Å². The number of carbonyl (C=O) groups excluding carboxylic acids is 1. The number of alkyl carbamates (subject to hydrolysis) is 1. The van der Waals surface area contributed by atoms with Gasteiger partial charge in [0.05, 0.1) is 6.33 Å². The second-order valence-electron chi connectivity index (χ2n) is 11.7. The zero-order valence-corrected chi connectivity index (χ0v) is 25.6. The molecule has 1 heterocycles. The van der Waals surface area contributed by atoms with Gasteiger partial charge in [-0.2, -0.15) is 0 Å². The zero-order valence-electron chi connectivity index (χ0n) is 25.6. The molecular formula is C40H33N3O4. The van der Waals surface area contributed by atoms with Crippen LogP contribution in [-0.4, -0.2) is 32.8 Å². The largest absolute Gasteiger partial charge is 0.480 e. The molecule has 7 heteroatoms. The van der Waals surface area contributed by atoms with E-state index in [0.717, 1.165) is 34.2 Å². The number of amides is 1. The Morgan fingerprint density at radius 3 is 1.96 bits per heavy atom. The van der Waals surface area contributed by atoms with E-state index in [-0.39, 0.29) is 13.0 Å². The molecule has 1 aliphatic carbocycles. The summed E-state index contributed by atoms with van der Waals surface area (Å²) in [5.74, 6) is -1.17. The highest BCUT2D eigenvalue weighted by Gasteiger charge is 2.40. The maximum absolute atomic E-state index is 13.0. The van der Waals surface area contributed by atoms with Crippen LogP contribution in [0.25, 0.3) is 11.1 Å². The number of aliphatic carboxylic acids is 1. The van der Waals surface area contributed by atoms with Gasteiger partial charge in [0.1, 0.15) is 18.2 Å². The number of imidazole rings is 1. The van der Waals surface area contributed by atoms with Crippen LogP contribution in [0.3, 0.4) is 0 Å². The van der Waals surface area contributed by atoms with Crippen LogP contribution in [0, 0.1) is 0 Å². The van der Waals surface area contributed by atoms with Gasteiger partial charge in [-0.25, -0.2) is 14.6 Å². The molecule has 7 nitrogen and oxygen atoms in total. The first-order valence-corrected chi connectivity index (χ1v) is 15.6. The van der Waals surface area contributed by atoms with E-state index in [2.05, 4.69) is 64.9 Å². The van der Waals surface area contributed by atoms with Gasteiger partial charge in [0.15, 0.2) is 0 Å². The lowest BCUT2D eigenvalue weighted by Gasteiger charge is -2.39. The first kappa shape index (κ1) is 29.7. The number of hydrogen-bond donors (Lipinski definition) is 2. The van der Waals surface area contributed by atoms with E-state index in [4.69, 9.17) is 4.74 Å². The fourth-order valence-corrected chi connectivity index (χ4v) is 6.73. The van der Waals surface area contributed by atoms with Crippen LogP contribution >= 0.6 is 0 Å². The summed E-state index contributed by atoms with van der Waals surface area (Å²) in [6, 6.07) is 43.3. The Kier molecular flexibility index (Phi) is 8.11. The number of hydrogen-bond acceptors (Lipinski definition) is 4. The van der Waals surface area contributed by atoms with E-state index in [0.29, 0.717) is 5.69 Å². The van der Waals surface area contributed by atoms with E-state index < -0.39 is 23.6 Å². The first-order valence-electron chi connectivity index (χ1n) is 15.6. The van der Waals surface area contributed by atoms with Crippen molar-refractivity contribution in [1.82, 2.24) is 14.9 Å². The summed E-state index contributed by atoms with van der Waals surface area (Å²) in [5.41, 5.74) is 8.37. The predicted molar refractivity (Wildman–Crippen MR) is 180 cm³/mol. The normalized spacial score (nSPS) is 12.5. The number of carbonyl (C=O) groups is 2. The number of benzene rings is 5. The average Bonchev–Trinajstić information content (AvgIpc) is 3.73. The standard InChI is InChI=1S/C40H33N3O4/c44-38(45)37(42-39(46)47-26-28-20-21-30-23-29-12-10-11-19-35(29)36(30)22-28)24-34-25-41-27-43(34)40(31-13-4-1-5-14-31,32-15-6-2-7-16-32)33-17-8-3-9-18-33/h1-22,25,27,37H,23-24,26H2,(H,42,46)(H,44,45). The SMILES string of the molecule is O=C(NC(Cc1cncn1C(c1ccccc1)(c1ccccc1)c1ccccc1)C(=O)O)OCc1ccc2c(c1)-c1ccccc1C2. The highest BCUT2D eigenvalue weighted by atomic mass is 16.5. The van der Waals surface area contributed by atoms with Crippen LogP contribution in [-0.2, 0) is 34.5 Å². The third-order valence-corrected chi connectivity index (χ3v) is 8.89. The quantitative estimate of drug-likeness (QED) is 0.158. The monoisotopic (exact) mass is 619 g/mol. The van der Waals surface area contributed by atoms with Crippen molar-refractivity contribution in [2.45, 2.75) is 31.0 Å². The molecule has 5 aromatic carbocycles. The summed E-state index contributed by atoms with van der Waals surface area (Å²) in [4.78, 5) is 30.1. The minimum Gasteiger partial charge on any atom is -0.480 e. The molecule has 1 aromatic heterocycles. The average molecular weight is 620 g/mol. The van der Waals surface area contributed by atoms with Crippen molar-refractivity contribution >= 4 is 12.1 Å². The van der Waals surface area contributed by atoms with Crippen LogP contribution in [0.5, 0.6) is 0 Å². The Labute approximate surface area is 273 Å². The number of carboxylic acid groups (broad SMARTS) is 1. The molecule has 47 heavy (non-hydrogen) atoms. The summed E-state index contributed by atoms with van der Waals surface area (Å²) in [7, 11) is 0. The molecule has 232 valence electrons. The fourth-order valence-electron chi connectivity index (χ4n) is 6.73. The van der Waals surface area contributed by atoms with Crippen molar-refractivity contribution in [1.29, 1.82) is 0 Å². The van der Waals surface area contributed by atoms with Gasteiger partial charge in [-0.3, -0.25) is 0 Å². The summed E-state index contributed by atoms with van der Waals surface area (Å²) in [6.07, 6.45) is 3.45. The van der Waals surface area contributed by atoms with E-state index in [9.17, 15) is 14.7 Å². The summed E-state index contributed by atoms with van der Waals surface area (Å²) >= 11 is 0. The molecule has 1 amide bonds. The molecule has 0 saturated heterocycles. The molecule has 0 spiro atoms. The molecule has 0 saturated carbocycles. The predicted octanol–water partition coefficient (Wildman–Crippen LogP) is 7.22. The number of rotatable bonds is 10. The van der Waals surface area contributed by atoms with Crippen LogP contribution in [0.1, 0.15) is 39.1 Å². The Hall–Kier alpha value is -5.95. The number of nitrogens with zero attached hydrogens (tertiary/aromatic N) is 2. The minimum absolute atomic E-state index is 0.0185. The van der Waals surface area contributed by atoms with Crippen molar-refractivity contribution in [2.75, 3.05) is 0 Å². The van der Waals surface area contributed by atoms with Crippen molar-refractivity contribution in [3.63, 3.8) is 0 Å². The Balaban J connectivity index is 1.16. The summed E-state index contributed by atoms with van der Waals surface area (Å²) < 4.78 is 7.56. The molecule has 6 aromatic rings. The first-order chi connectivity index (χ1) is 23.0. The lowest BCUT2D eigenvalue weighted by molar-refractivity contribution is -0.139. The van der Waals surface area contributed by atoms with Gasteiger partial charge in [0.2, 0.25) is 0 Å². The van der Waals surface area contributed by atoms with E-state index in [1.165, 1.54) is 16.7 Å². The molecule has 0 aliphatic heterocycles. The minimum atomic E-state index is -1.26. The van der Waals surface area contributed by atoms with Gasteiger partial charge >= 0.3 is 12.1 Å². The van der Waals surface area contributed by atoms with Gasteiger partial charge in [-0.15, -0.1) is 0 Å². The Morgan fingerprint density at radius 2 is 1.34 bits per heavy atom. The lowest BCUT2D eigenvalue weighted by Crippen LogP contribution is -2.44. The van der Waals surface area contributed by atoms with Crippen molar-refractivity contribution in [3.8, 4) is 11.1 Å². The van der Waals surface area contributed by atoms with E-state index >= 15 is 0 Å². The second-order valence-corrected chi connectivity index (χ2v) is 11.7. The Morgan fingerprint density at radius 1 is 0.766 bits per heavy atom. The highest BCUT2D eigenvalue weighted by molar-refractivity contribution is 5.80. The molecule has 1 atom stereocenters. The maximum atomic E-state index is 13.0. The van der Waals surface area contributed by atoms with Gasteiger partial charge in [0.25, 0.3) is 0 Å². The molecule has 7 rings (SSSR count). The Bertz CT molecular complexity index is 1930. The second kappa shape index (κ2) is 12.8. The molecule has 0 bridgehead atoms. The zero-order chi connectivity index (χ0) is 32.2. The van der Waals surface area contributed by atoms with Crippen molar-refractivity contribution in [2.24, 2.45) is 0 Å². The van der Waals surface area contributed by atoms with Gasteiger partial charge in [-0.05, 0) is 57.0 Å². The molecule has 1 unspecified atom stereocenters. The highest BCUT2D eigenvalue weighted by Crippen LogP contribution is 2.42. The lowest BCUT2D eigenvalue weighted by atomic mass is 9.76. The van der Waals surface area contributed by atoms with Crippen LogP contribution in [0.2, 0.25) is 0 Å². The molecular weight excluding hydrogens is 586 g/mol. The number of nitrogens with one attached hydrogen (secondary N) is 1. The third-order valence-electron chi connectivity index (χ3n) is 8.89. The fraction of sp³-hybridized carbons (Fsp3) is 0.125. The number of ether oxygens (including phenoxy) is 1. The van der Waals surface area contributed by atoms with Crippen molar-refractivity contribution < 1.29 is 19.4 Å². The van der Waals surface area contributed by atoms with E-state index in [1.54, 1.807) is 12.5 Å². The van der Waals surface area contributed by atoms with Crippen molar-refractivity contribution in [3.05, 3.63) is 185 Å². The van der Waals surface area contributed by atoms with Crippen LogP contribution < -0.4 is 5.32 Å². The topological polar surface area (TPSA) is 93.5 Å². The van der Waals surface area contributed by atoms with E-state index in [1.807, 2.05) is 83.4 Å². The van der Waals surface area contributed by atoms with Gasteiger partial charge < -0.3 is 19.7 Å². The number of fused-ring (bicyclic) bond motifs is 3.